The number of benzene rings is 1. The Bertz CT molecular complexity index is 512. The summed E-state index contributed by atoms with van der Waals surface area (Å²) in [7, 11) is 1.83. The van der Waals surface area contributed by atoms with Gasteiger partial charge in [-0.25, -0.2) is 4.39 Å². The Hall–Kier alpha value is -1.26. The second-order valence-corrected chi connectivity index (χ2v) is 5.00. The van der Waals surface area contributed by atoms with Crippen LogP contribution in [0, 0.1) is 5.82 Å². The Kier molecular flexibility index (Phi) is 3.03. The van der Waals surface area contributed by atoms with E-state index in [0.717, 1.165) is 5.00 Å². The molecule has 0 aliphatic rings. The quantitative estimate of drug-likeness (QED) is 0.826. The summed E-state index contributed by atoms with van der Waals surface area (Å²) in [5.74, 6) is -0.410. The maximum atomic E-state index is 13.3. The van der Waals surface area contributed by atoms with E-state index in [1.54, 1.807) is 18.2 Å². The Morgan fingerprint density at radius 3 is 2.69 bits per heavy atom. The minimum absolute atomic E-state index is 0.148. The van der Waals surface area contributed by atoms with Crippen LogP contribution >= 0.6 is 22.9 Å². The van der Waals surface area contributed by atoms with Crippen molar-refractivity contribution in [2.75, 3.05) is 17.7 Å². The van der Waals surface area contributed by atoms with Crippen LogP contribution in [0.15, 0.2) is 30.3 Å². The maximum Gasteiger partial charge on any atom is 0.148 e. The topological polar surface area (TPSA) is 29.3 Å². The second-order valence-electron chi connectivity index (χ2n) is 3.31. The van der Waals surface area contributed by atoms with E-state index in [4.69, 9.17) is 17.3 Å². The molecule has 0 spiro atoms. The van der Waals surface area contributed by atoms with Crippen molar-refractivity contribution >= 4 is 39.3 Å². The van der Waals surface area contributed by atoms with Crippen LogP contribution in [0.2, 0.25) is 4.34 Å². The minimum Gasteiger partial charge on any atom is -0.395 e. The normalized spacial score (nSPS) is 10.4. The van der Waals surface area contributed by atoms with Gasteiger partial charge in [0.1, 0.15) is 5.82 Å². The fourth-order valence-electron chi connectivity index (χ4n) is 1.42. The third-order valence-electron chi connectivity index (χ3n) is 2.28. The summed E-state index contributed by atoms with van der Waals surface area (Å²) in [5.41, 5.74) is 6.47. The molecule has 0 saturated carbocycles. The molecule has 0 aliphatic carbocycles. The lowest BCUT2D eigenvalue weighted by atomic mass is 10.2. The molecule has 0 amide bonds. The summed E-state index contributed by atoms with van der Waals surface area (Å²) >= 11 is 7.27. The van der Waals surface area contributed by atoms with Gasteiger partial charge in [0.05, 0.1) is 20.7 Å². The van der Waals surface area contributed by atoms with Gasteiger partial charge in [-0.3, -0.25) is 0 Å². The molecule has 2 aromatic rings. The van der Waals surface area contributed by atoms with Gasteiger partial charge < -0.3 is 10.6 Å². The van der Waals surface area contributed by atoms with Crippen LogP contribution in [-0.4, -0.2) is 7.05 Å². The number of halogens is 2. The maximum absolute atomic E-state index is 13.3. The molecule has 0 saturated heterocycles. The van der Waals surface area contributed by atoms with Crippen LogP contribution in [0.4, 0.5) is 20.8 Å². The Morgan fingerprint density at radius 1 is 1.31 bits per heavy atom. The molecule has 0 aliphatic heterocycles. The highest BCUT2D eigenvalue weighted by molar-refractivity contribution is 7.20. The number of para-hydroxylation sites is 1. The van der Waals surface area contributed by atoms with Gasteiger partial charge in [0.25, 0.3) is 0 Å². The first-order valence-corrected chi connectivity index (χ1v) is 5.82. The van der Waals surface area contributed by atoms with Crippen LogP contribution in [-0.2, 0) is 0 Å². The van der Waals surface area contributed by atoms with Gasteiger partial charge in [0, 0.05) is 7.05 Å². The zero-order valence-electron chi connectivity index (χ0n) is 8.58. The van der Waals surface area contributed by atoms with E-state index in [1.165, 1.54) is 17.4 Å². The van der Waals surface area contributed by atoms with Crippen LogP contribution < -0.4 is 10.6 Å². The van der Waals surface area contributed by atoms with E-state index < -0.39 is 5.82 Å². The minimum atomic E-state index is -0.410. The predicted molar refractivity (Wildman–Crippen MR) is 68.2 cm³/mol. The summed E-state index contributed by atoms with van der Waals surface area (Å²) in [4.78, 5) is 1.81. The zero-order chi connectivity index (χ0) is 11.7. The largest absolute Gasteiger partial charge is 0.395 e. The number of thiophene rings is 1. The van der Waals surface area contributed by atoms with Crippen molar-refractivity contribution in [1.82, 2.24) is 0 Å². The standard InChI is InChI=1S/C11H10ClFN2S/c1-15(10-6-5-9(12)16-10)8-4-2-3-7(13)11(8)14/h2-6H,14H2,1H3. The first-order chi connectivity index (χ1) is 7.59. The monoisotopic (exact) mass is 256 g/mol. The molecule has 16 heavy (non-hydrogen) atoms. The van der Waals surface area contributed by atoms with E-state index in [1.807, 2.05) is 18.0 Å². The summed E-state index contributed by atoms with van der Waals surface area (Å²) in [5, 5.41) is 0.919. The van der Waals surface area contributed by atoms with Crippen LogP contribution in [0.1, 0.15) is 0 Å². The molecule has 5 heteroatoms. The van der Waals surface area contributed by atoms with E-state index in [2.05, 4.69) is 0 Å². The fourth-order valence-corrected chi connectivity index (χ4v) is 2.43. The lowest BCUT2D eigenvalue weighted by Crippen LogP contribution is -2.10. The van der Waals surface area contributed by atoms with Gasteiger partial charge in [-0.05, 0) is 24.3 Å². The predicted octanol–water partition coefficient (Wildman–Crippen LogP) is 3.89. The van der Waals surface area contributed by atoms with Crippen LogP contribution in [0.25, 0.3) is 0 Å². The van der Waals surface area contributed by atoms with Crippen molar-refractivity contribution in [3.8, 4) is 0 Å². The van der Waals surface area contributed by atoms with Crippen molar-refractivity contribution in [3.05, 3.63) is 40.5 Å². The van der Waals surface area contributed by atoms with Gasteiger partial charge in [-0.15, -0.1) is 11.3 Å². The highest BCUT2D eigenvalue weighted by Gasteiger charge is 2.11. The molecule has 2 nitrogen and oxygen atoms in total. The average molecular weight is 257 g/mol. The zero-order valence-corrected chi connectivity index (χ0v) is 10.1. The number of anilines is 3. The third-order valence-corrected chi connectivity index (χ3v) is 3.59. The summed E-state index contributed by atoms with van der Waals surface area (Å²) in [6.45, 7) is 0. The summed E-state index contributed by atoms with van der Waals surface area (Å²) in [6, 6.07) is 8.41. The molecule has 0 atom stereocenters. The lowest BCUT2D eigenvalue weighted by molar-refractivity contribution is 0.632. The molecule has 2 N–H and O–H groups in total. The summed E-state index contributed by atoms with van der Waals surface area (Å²) < 4.78 is 14.0. The second kappa shape index (κ2) is 4.31. The van der Waals surface area contributed by atoms with Crippen LogP contribution in [0.3, 0.4) is 0 Å². The number of hydrogen-bond donors (Lipinski definition) is 1. The highest BCUT2D eigenvalue weighted by Crippen LogP contribution is 2.36. The van der Waals surface area contributed by atoms with E-state index in [9.17, 15) is 4.39 Å². The van der Waals surface area contributed by atoms with Crippen LogP contribution in [0.5, 0.6) is 0 Å². The number of rotatable bonds is 2. The van der Waals surface area contributed by atoms with Crippen molar-refractivity contribution in [2.45, 2.75) is 0 Å². The first-order valence-electron chi connectivity index (χ1n) is 4.62. The molecule has 1 aromatic carbocycles. The fraction of sp³-hybridized carbons (Fsp3) is 0.0909. The Morgan fingerprint density at radius 2 is 2.06 bits per heavy atom. The lowest BCUT2D eigenvalue weighted by Gasteiger charge is -2.19. The van der Waals surface area contributed by atoms with Gasteiger partial charge in [0.2, 0.25) is 0 Å². The third kappa shape index (κ3) is 1.99. The molecule has 84 valence electrons. The van der Waals surface area contributed by atoms with Gasteiger partial charge >= 0.3 is 0 Å². The Balaban J connectivity index is 2.41. The Labute approximate surface area is 102 Å². The first kappa shape index (κ1) is 11.2. The number of nitrogens with zero attached hydrogens (tertiary/aromatic N) is 1. The molecular formula is C11H10ClFN2S. The molecule has 0 radical (unpaired) electrons. The van der Waals surface area contributed by atoms with E-state index >= 15 is 0 Å². The molecule has 1 heterocycles. The van der Waals surface area contributed by atoms with Crippen molar-refractivity contribution < 1.29 is 4.39 Å². The van der Waals surface area contributed by atoms with Crippen molar-refractivity contribution in [3.63, 3.8) is 0 Å². The smallest absolute Gasteiger partial charge is 0.148 e. The van der Waals surface area contributed by atoms with Crippen molar-refractivity contribution in [1.29, 1.82) is 0 Å². The van der Waals surface area contributed by atoms with Gasteiger partial charge in [0.15, 0.2) is 0 Å². The molecule has 1 aromatic heterocycles. The van der Waals surface area contributed by atoms with Gasteiger partial charge in [-0.2, -0.15) is 0 Å². The molecule has 0 unspecified atom stereocenters. The highest BCUT2D eigenvalue weighted by atomic mass is 35.5. The van der Waals surface area contributed by atoms with Crippen molar-refractivity contribution in [2.24, 2.45) is 0 Å². The SMILES string of the molecule is CN(c1ccc(Cl)s1)c1cccc(F)c1N. The molecule has 2 rings (SSSR count). The average Bonchev–Trinajstić information content (AvgIpc) is 2.68. The van der Waals surface area contributed by atoms with Gasteiger partial charge in [-0.1, -0.05) is 17.7 Å². The molecule has 0 fully saturated rings. The number of hydrogen-bond acceptors (Lipinski definition) is 3. The summed E-state index contributed by atoms with van der Waals surface area (Å²) in [6.07, 6.45) is 0. The van der Waals surface area contributed by atoms with E-state index in [-0.39, 0.29) is 5.69 Å². The molecular weight excluding hydrogens is 247 g/mol. The molecule has 0 bridgehead atoms. The number of nitrogens with two attached hydrogens (primary N) is 1. The number of nitrogen functional groups attached to an aromatic ring is 1. The van der Waals surface area contributed by atoms with E-state index in [0.29, 0.717) is 10.0 Å².